The van der Waals surface area contributed by atoms with Crippen LogP contribution in [-0.2, 0) is 7.05 Å². The van der Waals surface area contributed by atoms with Crippen molar-refractivity contribution in [3.8, 4) is 0 Å². The molecule has 0 saturated carbocycles. The summed E-state index contributed by atoms with van der Waals surface area (Å²) in [4.78, 5) is 23.6. The minimum absolute atomic E-state index is 0.117. The molecule has 0 aliphatic rings. The zero-order chi connectivity index (χ0) is 13.3. The molecule has 4 heteroatoms. The third-order valence-corrected chi connectivity index (χ3v) is 2.93. The van der Waals surface area contributed by atoms with E-state index in [1.165, 1.54) is 0 Å². The van der Waals surface area contributed by atoms with Gasteiger partial charge in [-0.2, -0.15) is 0 Å². The fourth-order valence-electron chi connectivity index (χ4n) is 2.07. The number of aryl methyl sites for hydroxylation is 1. The molecule has 0 aliphatic carbocycles. The van der Waals surface area contributed by atoms with Gasteiger partial charge in [-0.15, -0.1) is 0 Å². The molecule has 2 rings (SSSR count). The van der Waals surface area contributed by atoms with Crippen molar-refractivity contribution in [2.75, 3.05) is 0 Å². The summed E-state index contributed by atoms with van der Waals surface area (Å²) in [7, 11) is 1.67. The van der Waals surface area contributed by atoms with Gasteiger partial charge in [0.05, 0.1) is 5.69 Å². The highest BCUT2D eigenvalue weighted by atomic mass is 16.1. The van der Waals surface area contributed by atoms with Crippen LogP contribution in [0.3, 0.4) is 0 Å². The number of nitrogens with two attached hydrogens (primary N) is 1. The van der Waals surface area contributed by atoms with Gasteiger partial charge >= 0.3 is 0 Å². The number of rotatable bonds is 3. The molecule has 0 spiro atoms. The van der Waals surface area contributed by atoms with Crippen LogP contribution in [0.5, 0.6) is 0 Å². The number of benzene rings is 1. The van der Waals surface area contributed by atoms with Gasteiger partial charge in [-0.25, -0.2) is 0 Å². The highest BCUT2D eigenvalue weighted by Crippen LogP contribution is 2.17. The van der Waals surface area contributed by atoms with Gasteiger partial charge in [0.15, 0.2) is 0 Å². The summed E-state index contributed by atoms with van der Waals surface area (Å²) in [5.74, 6) is -0.643. The van der Waals surface area contributed by atoms with Crippen LogP contribution in [0.25, 0.3) is 0 Å². The Hall–Kier alpha value is -2.36. The number of amides is 1. The molecule has 4 nitrogen and oxygen atoms in total. The molecule has 1 amide bonds. The van der Waals surface area contributed by atoms with E-state index in [4.69, 9.17) is 5.73 Å². The molecule has 2 N–H and O–H groups in total. The molecule has 0 saturated heterocycles. The van der Waals surface area contributed by atoms with Crippen LogP contribution in [-0.4, -0.2) is 16.3 Å². The number of hydrogen-bond donors (Lipinski definition) is 1. The van der Waals surface area contributed by atoms with E-state index < -0.39 is 5.91 Å². The summed E-state index contributed by atoms with van der Waals surface area (Å²) in [5, 5.41) is 0. The summed E-state index contributed by atoms with van der Waals surface area (Å²) in [6.07, 6.45) is 0. The largest absolute Gasteiger partial charge is 0.364 e. The Labute approximate surface area is 105 Å². The molecule has 0 fully saturated rings. The molecular weight excluding hydrogens is 228 g/mol. The molecule has 1 aromatic carbocycles. The molecule has 92 valence electrons. The fraction of sp³-hybridized carbons (Fsp3) is 0.143. The van der Waals surface area contributed by atoms with Gasteiger partial charge in [0.2, 0.25) is 5.78 Å². The summed E-state index contributed by atoms with van der Waals surface area (Å²) < 4.78 is 1.55. The first-order chi connectivity index (χ1) is 8.52. The number of aromatic nitrogens is 1. The Kier molecular flexibility index (Phi) is 3.02. The van der Waals surface area contributed by atoms with E-state index >= 15 is 0 Å². The third-order valence-electron chi connectivity index (χ3n) is 2.93. The Balaban J connectivity index is 2.51. The van der Waals surface area contributed by atoms with Crippen molar-refractivity contribution in [3.63, 3.8) is 0 Å². The van der Waals surface area contributed by atoms with E-state index in [1.54, 1.807) is 48.9 Å². The van der Waals surface area contributed by atoms with Gasteiger partial charge in [-0.3, -0.25) is 9.59 Å². The summed E-state index contributed by atoms with van der Waals surface area (Å²) in [6, 6.07) is 10.6. The molecule has 1 aromatic heterocycles. The number of nitrogens with zero attached hydrogens (tertiary/aromatic N) is 1. The minimum Gasteiger partial charge on any atom is -0.364 e. The second-order valence-corrected chi connectivity index (χ2v) is 4.18. The lowest BCUT2D eigenvalue weighted by Crippen LogP contribution is -2.18. The van der Waals surface area contributed by atoms with Gasteiger partial charge in [-0.1, -0.05) is 30.3 Å². The Morgan fingerprint density at radius 1 is 1.17 bits per heavy atom. The lowest BCUT2D eigenvalue weighted by Gasteiger charge is -2.05. The molecule has 0 atom stereocenters. The molecular formula is C14H14N2O2. The van der Waals surface area contributed by atoms with Gasteiger partial charge in [0, 0.05) is 12.6 Å². The van der Waals surface area contributed by atoms with E-state index in [0.717, 1.165) is 0 Å². The lowest BCUT2D eigenvalue weighted by atomic mass is 10.1. The van der Waals surface area contributed by atoms with Crippen molar-refractivity contribution < 1.29 is 9.59 Å². The number of carbonyl (C=O) groups is 2. The van der Waals surface area contributed by atoms with Crippen LogP contribution in [0.4, 0.5) is 0 Å². The first-order valence-electron chi connectivity index (χ1n) is 5.58. The average molecular weight is 242 g/mol. The van der Waals surface area contributed by atoms with E-state index in [2.05, 4.69) is 0 Å². The summed E-state index contributed by atoms with van der Waals surface area (Å²) >= 11 is 0. The van der Waals surface area contributed by atoms with Crippen molar-refractivity contribution in [2.45, 2.75) is 6.92 Å². The van der Waals surface area contributed by atoms with Crippen LogP contribution in [0.2, 0.25) is 0 Å². The predicted octanol–water partition coefficient (Wildman–Crippen LogP) is 1.66. The summed E-state index contributed by atoms with van der Waals surface area (Å²) in [6.45, 7) is 1.77. The van der Waals surface area contributed by atoms with Crippen molar-refractivity contribution in [1.29, 1.82) is 0 Å². The first kappa shape index (κ1) is 12.1. The maximum absolute atomic E-state index is 12.3. The average Bonchev–Trinajstić information content (AvgIpc) is 2.65. The van der Waals surface area contributed by atoms with Gasteiger partial charge in [0.25, 0.3) is 5.91 Å². The van der Waals surface area contributed by atoms with E-state index in [9.17, 15) is 9.59 Å². The molecule has 1 heterocycles. The van der Waals surface area contributed by atoms with Crippen molar-refractivity contribution in [3.05, 3.63) is 58.9 Å². The van der Waals surface area contributed by atoms with Crippen LogP contribution in [0.15, 0.2) is 36.4 Å². The SMILES string of the molecule is Cc1cc(C(=O)c2ccccc2)n(C)c1C(N)=O. The zero-order valence-corrected chi connectivity index (χ0v) is 10.3. The number of carbonyl (C=O) groups excluding carboxylic acids is 2. The highest BCUT2D eigenvalue weighted by Gasteiger charge is 2.19. The van der Waals surface area contributed by atoms with Crippen LogP contribution < -0.4 is 5.73 Å². The van der Waals surface area contributed by atoms with Gasteiger partial charge in [-0.05, 0) is 18.6 Å². The van der Waals surface area contributed by atoms with Crippen LogP contribution >= 0.6 is 0 Å². The molecule has 0 aliphatic heterocycles. The number of ketones is 1. The van der Waals surface area contributed by atoms with Crippen LogP contribution in [0.1, 0.15) is 32.1 Å². The molecule has 0 radical (unpaired) electrons. The number of hydrogen-bond acceptors (Lipinski definition) is 2. The van der Waals surface area contributed by atoms with Crippen LogP contribution in [0, 0.1) is 6.92 Å². The Morgan fingerprint density at radius 2 is 1.78 bits per heavy atom. The molecule has 2 aromatic rings. The molecule has 18 heavy (non-hydrogen) atoms. The quantitative estimate of drug-likeness (QED) is 0.832. The standard InChI is InChI=1S/C14H14N2O2/c1-9-8-11(16(2)12(9)14(15)18)13(17)10-6-4-3-5-7-10/h3-8H,1-2H3,(H2,15,18). The highest BCUT2D eigenvalue weighted by molar-refractivity contribution is 6.09. The molecule has 0 unspecified atom stereocenters. The summed E-state index contributed by atoms with van der Waals surface area (Å²) in [5.41, 5.74) is 7.44. The fourth-order valence-corrected chi connectivity index (χ4v) is 2.07. The Bertz CT molecular complexity index is 612. The first-order valence-corrected chi connectivity index (χ1v) is 5.58. The third kappa shape index (κ3) is 1.93. The lowest BCUT2D eigenvalue weighted by molar-refractivity contribution is 0.0991. The topological polar surface area (TPSA) is 65.1 Å². The van der Waals surface area contributed by atoms with E-state index in [-0.39, 0.29) is 5.78 Å². The second-order valence-electron chi connectivity index (χ2n) is 4.18. The zero-order valence-electron chi connectivity index (χ0n) is 10.3. The van der Waals surface area contributed by atoms with Gasteiger partial charge in [0.1, 0.15) is 5.69 Å². The maximum atomic E-state index is 12.3. The molecule has 0 bridgehead atoms. The second kappa shape index (κ2) is 4.49. The van der Waals surface area contributed by atoms with Crippen molar-refractivity contribution >= 4 is 11.7 Å². The Morgan fingerprint density at radius 3 is 2.28 bits per heavy atom. The van der Waals surface area contributed by atoms with E-state index in [0.29, 0.717) is 22.5 Å². The van der Waals surface area contributed by atoms with Gasteiger partial charge < -0.3 is 10.3 Å². The monoisotopic (exact) mass is 242 g/mol. The normalized spacial score (nSPS) is 10.3. The van der Waals surface area contributed by atoms with Crippen molar-refractivity contribution in [2.24, 2.45) is 12.8 Å². The maximum Gasteiger partial charge on any atom is 0.265 e. The van der Waals surface area contributed by atoms with E-state index in [1.807, 2.05) is 6.07 Å². The minimum atomic E-state index is -0.526. The number of primary amides is 1. The van der Waals surface area contributed by atoms with Crippen molar-refractivity contribution in [1.82, 2.24) is 4.57 Å². The predicted molar refractivity (Wildman–Crippen MR) is 68.5 cm³/mol. The smallest absolute Gasteiger partial charge is 0.265 e.